The van der Waals surface area contributed by atoms with Gasteiger partial charge in [-0.25, -0.2) is 0 Å². The third-order valence-electron chi connectivity index (χ3n) is 8.69. The van der Waals surface area contributed by atoms with E-state index < -0.39 is 0 Å². The number of benzene rings is 2. The zero-order chi connectivity index (χ0) is 26.5. The normalized spacial score (nSPS) is 21.7. The van der Waals surface area contributed by atoms with Crippen molar-refractivity contribution in [3.8, 4) is 0 Å². The molecule has 0 spiro atoms. The molecule has 1 unspecified atom stereocenters. The number of halogens is 2. The summed E-state index contributed by atoms with van der Waals surface area (Å²) in [5.74, 6) is 0.557. The molecule has 2 atom stereocenters. The lowest BCUT2D eigenvalue weighted by molar-refractivity contribution is -0.144. The maximum Gasteiger partial charge on any atom is 0.245 e. The largest absolute Gasteiger partial charge is 0.341 e. The summed E-state index contributed by atoms with van der Waals surface area (Å²) in [5, 5.41) is 0.958. The monoisotopic (exact) mass is 555 g/mol. The fourth-order valence-electron chi connectivity index (χ4n) is 6.47. The quantitative estimate of drug-likeness (QED) is 0.399. The standard InChI is InChI=1S/C31H39Cl2N3O2/c32-27-11-10-25(22-28(27)33)26(30(37)36-17-6-9-29(36)31(38)35-15-4-5-16-35)14-20-34-18-12-24(13-19-34)21-23-7-2-1-3-8-23/h1-3,7-8,10-11,22,24,26,29H,4-6,9,12-21H2/t26?,29-/m0/s1. The predicted molar refractivity (Wildman–Crippen MR) is 154 cm³/mol. The molecule has 3 aliphatic heterocycles. The summed E-state index contributed by atoms with van der Waals surface area (Å²) >= 11 is 12.6. The summed E-state index contributed by atoms with van der Waals surface area (Å²) in [6.45, 7) is 5.24. The number of piperidine rings is 1. The van der Waals surface area contributed by atoms with Crippen molar-refractivity contribution in [3.05, 3.63) is 69.7 Å². The van der Waals surface area contributed by atoms with Crippen LogP contribution < -0.4 is 0 Å². The highest BCUT2D eigenvalue weighted by atomic mass is 35.5. The molecule has 0 radical (unpaired) electrons. The number of rotatable bonds is 8. The summed E-state index contributed by atoms with van der Waals surface area (Å²) in [5.41, 5.74) is 2.31. The highest BCUT2D eigenvalue weighted by molar-refractivity contribution is 6.42. The van der Waals surface area contributed by atoms with Crippen LogP contribution in [0.3, 0.4) is 0 Å². The Kier molecular flexibility index (Phi) is 9.29. The average molecular weight is 557 g/mol. The van der Waals surface area contributed by atoms with Gasteiger partial charge in [0, 0.05) is 19.6 Å². The molecule has 0 N–H and O–H groups in total. The van der Waals surface area contributed by atoms with Gasteiger partial charge in [-0.1, -0.05) is 59.6 Å². The number of carbonyl (C=O) groups is 2. The van der Waals surface area contributed by atoms with Gasteiger partial charge in [0.05, 0.1) is 16.0 Å². The molecule has 3 aliphatic rings. The first-order chi connectivity index (χ1) is 18.5. The van der Waals surface area contributed by atoms with Crippen LogP contribution in [0, 0.1) is 5.92 Å². The SMILES string of the molecule is O=C([C@@H]1CCCN1C(=O)C(CCN1CCC(Cc2ccccc2)CC1)c1ccc(Cl)c(Cl)c1)N1CCCC1. The second-order valence-electron chi connectivity index (χ2n) is 11.2. The van der Waals surface area contributed by atoms with Gasteiger partial charge in [-0.3, -0.25) is 9.59 Å². The molecule has 5 nitrogen and oxygen atoms in total. The Hall–Kier alpha value is -2.08. The third kappa shape index (κ3) is 6.55. The summed E-state index contributed by atoms with van der Waals surface area (Å²) in [6, 6.07) is 16.0. The topological polar surface area (TPSA) is 43.9 Å². The van der Waals surface area contributed by atoms with Crippen LogP contribution in [0.2, 0.25) is 10.0 Å². The number of carbonyl (C=O) groups excluding carboxylic acids is 2. The van der Waals surface area contributed by atoms with Crippen molar-refractivity contribution in [1.29, 1.82) is 0 Å². The first kappa shape index (κ1) is 27.5. The van der Waals surface area contributed by atoms with Crippen LogP contribution in [0.4, 0.5) is 0 Å². The van der Waals surface area contributed by atoms with E-state index in [1.807, 2.05) is 21.9 Å². The Morgan fingerprint density at radius 3 is 2.29 bits per heavy atom. The molecule has 2 aromatic rings. The van der Waals surface area contributed by atoms with E-state index in [1.54, 1.807) is 6.07 Å². The van der Waals surface area contributed by atoms with E-state index in [2.05, 4.69) is 35.2 Å². The van der Waals surface area contributed by atoms with E-state index >= 15 is 0 Å². The Balaban J connectivity index is 1.24. The molecule has 38 heavy (non-hydrogen) atoms. The van der Waals surface area contributed by atoms with Crippen molar-refractivity contribution < 1.29 is 9.59 Å². The zero-order valence-corrected chi connectivity index (χ0v) is 23.7. The van der Waals surface area contributed by atoms with Gasteiger partial charge in [-0.15, -0.1) is 0 Å². The van der Waals surface area contributed by atoms with Gasteiger partial charge in [-0.2, -0.15) is 0 Å². The summed E-state index contributed by atoms with van der Waals surface area (Å²) in [4.78, 5) is 33.6. The molecule has 0 saturated carbocycles. The van der Waals surface area contributed by atoms with Gasteiger partial charge in [-0.05, 0) is 100 Å². The van der Waals surface area contributed by atoms with Crippen molar-refractivity contribution in [2.24, 2.45) is 5.92 Å². The molecular formula is C31H39Cl2N3O2. The third-order valence-corrected chi connectivity index (χ3v) is 9.43. The van der Waals surface area contributed by atoms with E-state index in [-0.39, 0.29) is 23.8 Å². The number of hydrogen-bond donors (Lipinski definition) is 0. The summed E-state index contributed by atoms with van der Waals surface area (Å²) in [6.07, 6.45) is 7.95. The number of hydrogen-bond acceptors (Lipinski definition) is 3. The van der Waals surface area contributed by atoms with Crippen LogP contribution in [0.5, 0.6) is 0 Å². The van der Waals surface area contributed by atoms with Crippen molar-refractivity contribution in [2.45, 2.75) is 63.3 Å². The zero-order valence-electron chi connectivity index (χ0n) is 22.2. The first-order valence-corrected chi connectivity index (χ1v) is 15.1. The lowest BCUT2D eigenvalue weighted by Gasteiger charge is -2.34. The molecule has 0 bridgehead atoms. The number of amides is 2. The Morgan fingerprint density at radius 1 is 0.842 bits per heavy atom. The van der Waals surface area contributed by atoms with Gasteiger partial charge in [0.1, 0.15) is 6.04 Å². The lowest BCUT2D eigenvalue weighted by Crippen LogP contribution is -2.48. The van der Waals surface area contributed by atoms with Crippen LogP contribution in [-0.2, 0) is 16.0 Å². The van der Waals surface area contributed by atoms with Crippen LogP contribution >= 0.6 is 23.2 Å². The molecule has 0 aliphatic carbocycles. The Bertz CT molecular complexity index is 1100. The molecule has 3 saturated heterocycles. The maximum absolute atomic E-state index is 14.1. The molecule has 204 valence electrons. The molecular weight excluding hydrogens is 517 g/mol. The smallest absolute Gasteiger partial charge is 0.245 e. The molecule has 7 heteroatoms. The predicted octanol–water partition coefficient (Wildman–Crippen LogP) is 6.04. The minimum atomic E-state index is -0.334. The van der Waals surface area contributed by atoms with E-state index in [9.17, 15) is 9.59 Å². The van der Waals surface area contributed by atoms with Crippen molar-refractivity contribution in [3.63, 3.8) is 0 Å². The molecule has 2 aromatic carbocycles. The second-order valence-corrected chi connectivity index (χ2v) is 12.0. The van der Waals surface area contributed by atoms with Crippen molar-refractivity contribution >= 4 is 35.0 Å². The minimum absolute atomic E-state index is 0.0531. The van der Waals surface area contributed by atoms with E-state index in [0.717, 1.165) is 70.4 Å². The highest BCUT2D eigenvalue weighted by Gasteiger charge is 2.40. The van der Waals surface area contributed by atoms with E-state index in [4.69, 9.17) is 23.2 Å². The van der Waals surface area contributed by atoms with Gasteiger partial charge in [0.15, 0.2) is 0 Å². The molecule has 2 amide bonds. The van der Waals surface area contributed by atoms with Crippen LogP contribution in [0.25, 0.3) is 0 Å². The second kappa shape index (κ2) is 12.8. The summed E-state index contributed by atoms with van der Waals surface area (Å²) in [7, 11) is 0. The minimum Gasteiger partial charge on any atom is -0.341 e. The summed E-state index contributed by atoms with van der Waals surface area (Å²) < 4.78 is 0. The van der Waals surface area contributed by atoms with Gasteiger partial charge in [0.2, 0.25) is 11.8 Å². The maximum atomic E-state index is 14.1. The van der Waals surface area contributed by atoms with Crippen LogP contribution in [0.15, 0.2) is 48.5 Å². The van der Waals surface area contributed by atoms with Crippen molar-refractivity contribution in [2.75, 3.05) is 39.3 Å². The fourth-order valence-corrected chi connectivity index (χ4v) is 6.78. The van der Waals surface area contributed by atoms with E-state index in [1.165, 1.54) is 18.4 Å². The lowest BCUT2D eigenvalue weighted by atomic mass is 9.89. The van der Waals surface area contributed by atoms with Crippen molar-refractivity contribution in [1.82, 2.24) is 14.7 Å². The molecule has 5 rings (SSSR count). The van der Waals surface area contributed by atoms with Gasteiger partial charge < -0.3 is 14.7 Å². The Labute approximate surface area is 237 Å². The van der Waals surface area contributed by atoms with Crippen LogP contribution in [0.1, 0.15) is 62.0 Å². The molecule has 3 fully saturated rings. The first-order valence-electron chi connectivity index (χ1n) is 14.3. The fraction of sp³-hybridized carbons (Fsp3) is 0.548. The van der Waals surface area contributed by atoms with Crippen LogP contribution in [-0.4, -0.2) is 71.8 Å². The number of nitrogens with zero attached hydrogens (tertiary/aromatic N) is 3. The molecule has 3 heterocycles. The van der Waals surface area contributed by atoms with E-state index in [0.29, 0.717) is 28.9 Å². The highest BCUT2D eigenvalue weighted by Crippen LogP contribution is 2.33. The molecule has 0 aromatic heterocycles. The average Bonchev–Trinajstić information content (AvgIpc) is 3.65. The Morgan fingerprint density at radius 2 is 1.58 bits per heavy atom. The van der Waals surface area contributed by atoms with Gasteiger partial charge in [0.25, 0.3) is 0 Å². The number of likely N-dealkylation sites (tertiary alicyclic amines) is 3. The van der Waals surface area contributed by atoms with Gasteiger partial charge >= 0.3 is 0 Å².